The van der Waals surface area contributed by atoms with Gasteiger partial charge in [-0.15, -0.1) is 0 Å². The molecule has 0 aliphatic rings. The highest BCUT2D eigenvalue weighted by Crippen LogP contribution is 2.21. The molecule has 3 aromatic rings. The second-order valence-electron chi connectivity index (χ2n) is 4.22. The molecule has 88 valence electrons. The summed E-state index contributed by atoms with van der Waals surface area (Å²) < 4.78 is 2.08. The van der Waals surface area contributed by atoms with Crippen LogP contribution in [0.15, 0.2) is 61.3 Å². The Hall–Kier alpha value is -2.42. The van der Waals surface area contributed by atoms with E-state index in [1.165, 1.54) is 5.56 Å². The van der Waals surface area contributed by atoms with Gasteiger partial charge in [0.05, 0.1) is 18.2 Å². The molecule has 0 radical (unpaired) electrons. The molecule has 3 heteroatoms. The molecule has 0 saturated heterocycles. The first kappa shape index (κ1) is 10.7. The van der Waals surface area contributed by atoms with Crippen molar-refractivity contribution in [2.75, 3.05) is 0 Å². The largest absolute Gasteiger partial charge is 0.299 e. The fourth-order valence-corrected chi connectivity index (χ4v) is 1.94. The Morgan fingerprint density at radius 3 is 2.33 bits per heavy atom. The molecule has 0 unspecified atom stereocenters. The molecule has 2 heterocycles. The minimum atomic E-state index is 1.07. The number of benzene rings is 1. The summed E-state index contributed by atoms with van der Waals surface area (Å²) in [6.45, 7) is 2.08. The van der Waals surface area contributed by atoms with E-state index in [2.05, 4.69) is 45.7 Å². The Kier molecular flexibility index (Phi) is 2.65. The van der Waals surface area contributed by atoms with Gasteiger partial charge in [0.1, 0.15) is 0 Å². The van der Waals surface area contributed by atoms with E-state index in [9.17, 15) is 0 Å². The average molecular weight is 235 g/mol. The van der Waals surface area contributed by atoms with Crippen LogP contribution in [0, 0.1) is 6.92 Å². The van der Waals surface area contributed by atoms with Gasteiger partial charge in [-0.05, 0) is 31.2 Å². The minimum Gasteiger partial charge on any atom is -0.299 e. The van der Waals surface area contributed by atoms with Crippen LogP contribution in [0.25, 0.3) is 16.9 Å². The predicted octanol–water partition coefficient (Wildman–Crippen LogP) is 3.24. The van der Waals surface area contributed by atoms with E-state index >= 15 is 0 Å². The fraction of sp³-hybridized carbons (Fsp3) is 0.0667. The van der Waals surface area contributed by atoms with Crippen LogP contribution in [0.2, 0.25) is 0 Å². The molecule has 3 nitrogen and oxygen atoms in total. The molecule has 0 bridgehead atoms. The summed E-state index contributed by atoms with van der Waals surface area (Å²) in [6.07, 6.45) is 7.29. The van der Waals surface area contributed by atoms with Gasteiger partial charge in [-0.1, -0.05) is 17.7 Å². The SMILES string of the molecule is Cc1ccc(-n2cncc2-c2ccncc2)cc1. The minimum absolute atomic E-state index is 1.07. The number of aryl methyl sites for hydroxylation is 1. The lowest BCUT2D eigenvalue weighted by molar-refractivity contribution is 1.06. The zero-order chi connectivity index (χ0) is 12.4. The molecular weight excluding hydrogens is 222 g/mol. The van der Waals surface area contributed by atoms with Crippen LogP contribution in [0.4, 0.5) is 0 Å². The third-order valence-electron chi connectivity index (χ3n) is 2.93. The second-order valence-corrected chi connectivity index (χ2v) is 4.22. The normalized spacial score (nSPS) is 10.5. The molecule has 18 heavy (non-hydrogen) atoms. The highest BCUT2D eigenvalue weighted by molar-refractivity contribution is 5.61. The summed E-state index contributed by atoms with van der Waals surface area (Å²) >= 11 is 0. The summed E-state index contributed by atoms with van der Waals surface area (Å²) in [5, 5.41) is 0. The van der Waals surface area contributed by atoms with Crippen molar-refractivity contribution in [3.63, 3.8) is 0 Å². The number of nitrogens with zero attached hydrogens (tertiary/aromatic N) is 3. The molecule has 2 aromatic heterocycles. The summed E-state index contributed by atoms with van der Waals surface area (Å²) in [6, 6.07) is 12.4. The molecule has 0 spiro atoms. The topological polar surface area (TPSA) is 30.7 Å². The fourth-order valence-electron chi connectivity index (χ4n) is 1.94. The monoisotopic (exact) mass is 235 g/mol. The zero-order valence-electron chi connectivity index (χ0n) is 10.1. The van der Waals surface area contributed by atoms with Gasteiger partial charge in [0.15, 0.2) is 0 Å². The third-order valence-corrected chi connectivity index (χ3v) is 2.93. The van der Waals surface area contributed by atoms with Crippen molar-refractivity contribution in [2.45, 2.75) is 6.92 Å². The van der Waals surface area contributed by atoms with Gasteiger partial charge in [-0.2, -0.15) is 0 Å². The van der Waals surface area contributed by atoms with Crippen molar-refractivity contribution in [3.8, 4) is 16.9 Å². The van der Waals surface area contributed by atoms with Crippen LogP contribution in [-0.2, 0) is 0 Å². The summed E-state index contributed by atoms with van der Waals surface area (Å²) in [4.78, 5) is 8.28. The quantitative estimate of drug-likeness (QED) is 0.682. The van der Waals surface area contributed by atoms with Crippen molar-refractivity contribution in [2.24, 2.45) is 0 Å². The number of aromatic nitrogens is 3. The van der Waals surface area contributed by atoms with Gasteiger partial charge in [0.25, 0.3) is 0 Å². The number of rotatable bonds is 2. The van der Waals surface area contributed by atoms with E-state index in [1.54, 1.807) is 12.4 Å². The van der Waals surface area contributed by atoms with Gasteiger partial charge in [0, 0.05) is 23.6 Å². The van der Waals surface area contributed by atoms with E-state index in [0.717, 1.165) is 16.9 Å². The van der Waals surface area contributed by atoms with Crippen LogP contribution >= 0.6 is 0 Å². The van der Waals surface area contributed by atoms with Crippen LogP contribution < -0.4 is 0 Å². The Bertz CT molecular complexity index is 639. The summed E-state index contributed by atoms with van der Waals surface area (Å²) in [5.41, 5.74) is 4.55. The van der Waals surface area contributed by atoms with Crippen LogP contribution in [0.5, 0.6) is 0 Å². The highest BCUT2D eigenvalue weighted by Gasteiger charge is 2.06. The van der Waals surface area contributed by atoms with Crippen LogP contribution in [0.1, 0.15) is 5.56 Å². The number of hydrogen-bond acceptors (Lipinski definition) is 2. The van der Waals surface area contributed by atoms with Crippen molar-refractivity contribution in [3.05, 3.63) is 66.9 Å². The molecule has 0 amide bonds. The van der Waals surface area contributed by atoms with Gasteiger partial charge in [-0.3, -0.25) is 9.55 Å². The van der Waals surface area contributed by atoms with Gasteiger partial charge in [0.2, 0.25) is 0 Å². The van der Waals surface area contributed by atoms with Gasteiger partial charge < -0.3 is 0 Å². The Morgan fingerprint density at radius 1 is 0.889 bits per heavy atom. The van der Waals surface area contributed by atoms with Crippen LogP contribution in [-0.4, -0.2) is 14.5 Å². The lowest BCUT2D eigenvalue weighted by Gasteiger charge is -2.08. The molecule has 0 saturated carbocycles. The molecule has 1 aromatic carbocycles. The van der Waals surface area contributed by atoms with E-state index < -0.39 is 0 Å². The lowest BCUT2D eigenvalue weighted by Crippen LogP contribution is -1.95. The molecule has 0 fully saturated rings. The number of hydrogen-bond donors (Lipinski definition) is 0. The Labute approximate surface area is 106 Å². The first-order valence-corrected chi connectivity index (χ1v) is 5.84. The van der Waals surface area contributed by atoms with Crippen molar-refractivity contribution in [1.82, 2.24) is 14.5 Å². The van der Waals surface area contributed by atoms with Crippen LogP contribution in [0.3, 0.4) is 0 Å². The first-order chi connectivity index (χ1) is 8.84. The van der Waals surface area contributed by atoms with Crippen molar-refractivity contribution < 1.29 is 0 Å². The van der Waals surface area contributed by atoms with E-state index in [4.69, 9.17) is 0 Å². The zero-order valence-corrected chi connectivity index (χ0v) is 10.1. The highest BCUT2D eigenvalue weighted by atomic mass is 15.0. The molecule has 0 aliphatic carbocycles. The van der Waals surface area contributed by atoms with Crippen molar-refractivity contribution >= 4 is 0 Å². The molecule has 0 aliphatic heterocycles. The first-order valence-electron chi connectivity index (χ1n) is 5.84. The molecule has 3 rings (SSSR count). The lowest BCUT2D eigenvalue weighted by atomic mass is 10.2. The maximum Gasteiger partial charge on any atom is 0.0997 e. The van der Waals surface area contributed by atoms with Gasteiger partial charge >= 0.3 is 0 Å². The van der Waals surface area contributed by atoms with Crippen molar-refractivity contribution in [1.29, 1.82) is 0 Å². The average Bonchev–Trinajstić information content (AvgIpc) is 2.90. The van der Waals surface area contributed by atoms with Gasteiger partial charge in [-0.25, -0.2) is 4.98 Å². The second kappa shape index (κ2) is 4.45. The van der Waals surface area contributed by atoms with E-state index in [1.807, 2.05) is 24.7 Å². The molecule has 0 atom stereocenters. The maximum absolute atomic E-state index is 4.24. The maximum atomic E-state index is 4.24. The number of imidazole rings is 1. The number of pyridine rings is 1. The van der Waals surface area contributed by atoms with E-state index in [-0.39, 0.29) is 0 Å². The molecule has 0 N–H and O–H groups in total. The smallest absolute Gasteiger partial charge is 0.0997 e. The van der Waals surface area contributed by atoms with E-state index in [0.29, 0.717) is 0 Å². The molecular formula is C15H13N3. The summed E-state index contributed by atoms with van der Waals surface area (Å²) in [5.74, 6) is 0. The predicted molar refractivity (Wildman–Crippen MR) is 71.5 cm³/mol. The summed E-state index contributed by atoms with van der Waals surface area (Å²) in [7, 11) is 0. The third kappa shape index (κ3) is 1.91. The Morgan fingerprint density at radius 2 is 1.61 bits per heavy atom. The Balaban J connectivity index is 2.10. The standard InChI is InChI=1S/C15H13N3/c1-12-2-4-14(5-3-12)18-11-17-10-15(18)13-6-8-16-9-7-13/h2-11H,1H3.